The molecule has 0 fully saturated rings. The summed E-state index contributed by atoms with van der Waals surface area (Å²) in [6, 6.07) is 14.5. The van der Waals surface area contributed by atoms with E-state index >= 15 is 0 Å². The number of ether oxygens (including phenoxy) is 2. The lowest BCUT2D eigenvalue weighted by Gasteiger charge is -2.08. The number of carbonyl (C=O) groups is 2. The summed E-state index contributed by atoms with van der Waals surface area (Å²) in [5.74, 6) is -0.104. The molecule has 0 aliphatic heterocycles. The zero-order valence-corrected chi connectivity index (χ0v) is 13.9. The standard InChI is InChI=1S/C19H21NO4/c1-3-23-17-9-7-16(8-10-17)19(22)20-12-18(21)24-13-15-6-4-5-14(2)11-15/h4-11H,3,12-13H2,1-2H3,(H,20,22). The Kier molecular flexibility index (Phi) is 6.37. The molecule has 5 heteroatoms. The Balaban J connectivity index is 1.77. The van der Waals surface area contributed by atoms with Gasteiger partial charge in [-0.15, -0.1) is 0 Å². The highest BCUT2D eigenvalue weighted by molar-refractivity contribution is 5.96. The molecule has 0 aliphatic rings. The van der Waals surface area contributed by atoms with E-state index in [0.29, 0.717) is 17.9 Å². The largest absolute Gasteiger partial charge is 0.494 e. The second-order valence-electron chi connectivity index (χ2n) is 5.29. The molecule has 0 heterocycles. The molecule has 0 unspecified atom stereocenters. The molecule has 2 rings (SSSR count). The minimum absolute atomic E-state index is 0.169. The minimum atomic E-state index is -0.476. The third-order valence-corrected chi connectivity index (χ3v) is 3.30. The number of hydrogen-bond acceptors (Lipinski definition) is 4. The molecule has 0 aliphatic carbocycles. The van der Waals surface area contributed by atoms with Crippen molar-refractivity contribution in [3.8, 4) is 5.75 Å². The van der Waals surface area contributed by atoms with Crippen LogP contribution in [0.4, 0.5) is 0 Å². The highest BCUT2D eigenvalue weighted by Gasteiger charge is 2.09. The van der Waals surface area contributed by atoms with E-state index in [-0.39, 0.29) is 19.1 Å². The van der Waals surface area contributed by atoms with E-state index in [1.165, 1.54) is 0 Å². The fourth-order valence-electron chi connectivity index (χ4n) is 2.14. The van der Waals surface area contributed by atoms with Crippen LogP contribution in [0.1, 0.15) is 28.4 Å². The highest BCUT2D eigenvalue weighted by Crippen LogP contribution is 2.12. The Morgan fingerprint density at radius 3 is 2.50 bits per heavy atom. The maximum absolute atomic E-state index is 12.0. The second-order valence-corrected chi connectivity index (χ2v) is 5.29. The Morgan fingerprint density at radius 1 is 1.08 bits per heavy atom. The predicted molar refractivity (Wildman–Crippen MR) is 90.9 cm³/mol. The van der Waals surface area contributed by atoms with E-state index in [0.717, 1.165) is 11.1 Å². The van der Waals surface area contributed by atoms with Crippen LogP contribution in [0.15, 0.2) is 48.5 Å². The van der Waals surface area contributed by atoms with Gasteiger partial charge in [-0.1, -0.05) is 29.8 Å². The number of nitrogens with one attached hydrogen (secondary N) is 1. The molecule has 0 radical (unpaired) electrons. The smallest absolute Gasteiger partial charge is 0.325 e. The van der Waals surface area contributed by atoms with Gasteiger partial charge in [0, 0.05) is 5.56 Å². The van der Waals surface area contributed by atoms with Crippen LogP contribution in [0.5, 0.6) is 5.75 Å². The lowest BCUT2D eigenvalue weighted by molar-refractivity contribution is -0.143. The third-order valence-electron chi connectivity index (χ3n) is 3.30. The molecule has 0 spiro atoms. The van der Waals surface area contributed by atoms with Gasteiger partial charge in [0.25, 0.3) is 5.91 Å². The van der Waals surface area contributed by atoms with Crippen LogP contribution in [0, 0.1) is 6.92 Å². The molecule has 2 aromatic carbocycles. The molecule has 0 saturated carbocycles. The Bertz CT molecular complexity index is 695. The monoisotopic (exact) mass is 327 g/mol. The number of hydrogen-bond donors (Lipinski definition) is 1. The van der Waals surface area contributed by atoms with Crippen molar-refractivity contribution in [3.05, 3.63) is 65.2 Å². The molecular formula is C19H21NO4. The summed E-state index contributed by atoms with van der Waals surface area (Å²) in [4.78, 5) is 23.7. The number of benzene rings is 2. The van der Waals surface area contributed by atoms with Crippen molar-refractivity contribution in [1.82, 2.24) is 5.32 Å². The number of carbonyl (C=O) groups excluding carboxylic acids is 2. The Hall–Kier alpha value is -2.82. The Labute approximate surface area is 141 Å². The van der Waals surface area contributed by atoms with E-state index in [2.05, 4.69) is 5.32 Å². The van der Waals surface area contributed by atoms with Crippen LogP contribution < -0.4 is 10.1 Å². The lowest BCUT2D eigenvalue weighted by Crippen LogP contribution is -2.30. The number of amides is 1. The predicted octanol–water partition coefficient (Wildman–Crippen LogP) is 2.87. The third kappa shape index (κ3) is 5.43. The van der Waals surface area contributed by atoms with Gasteiger partial charge in [-0.2, -0.15) is 0 Å². The van der Waals surface area contributed by atoms with E-state index < -0.39 is 5.97 Å². The van der Waals surface area contributed by atoms with Crippen molar-refractivity contribution in [1.29, 1.82) is 0 Å². The van der Waals surface area contributed by atoms with Crippen molar-refractivity contribution in [2.24, 2.45) is 0 Å². The molecule has 0 atom stereocenters. The summed E-state index contributed by atoms with van der Waals surface area (Å²) in [5.41, 5.74) is 2.48. The number of aryl methyl sites for hydroxylation is 1. The summed E-state index contributed by atoms with van der Waals surface area (Å²) < 4.78 is 10.5. The van der Waals surface area contributed by atoms with Gasteiger partial charge in [0.15, 0.2) is 0 Å². The van der Waals surface area contributed by atoms with Crippen LogP contribution >= 0.6 is 0 Å². The van der Waals surface area contributed by atoms with Gasteiger partial charge < -0.3 is 14.8 Å². The molecule has 5 nitrogen and oxygen atoms in total. The zero-order chi connectivity index (χ0) is 17.4. The summed E-state index contributed by atoms with van der Waals surface area (Å²) in [5, 5.41) is 2.54. The average Bonchev–Trinajstić information content (AvgIpc) is 2.59. The molecule has 0 bridgehead atoms. The number of rotatable bonds is 7. The highest BCUT2D eigenvalue weighted by atomic mass is 16.5. The van der Waals surface area contributed by atoms with Crippen LogP contribution in [-0.4, -0.2) is 25.0 Å². The molecule has 0 aromatic heterocycles. The van der Waals surface area contributed by atoms with Crippen LogP contribution in [0.2, 0.25) is 0 Å². The SMILES string of the molecule is CCOc1ccc(C(=O)NCC(=O)OCc2cccc(C)c2)cc1. The Morgan fingerprint density at radius 2 is 1.83 bits per heavy atom. The first-order valence-electron chi connectivity index (χ1n) is 7.80. The molecule has 126 valence electrons. The van der Waals surface area contributed by atoms with Gasteiger partial charge in [0.2, 0.25) is 0 Å². The average molecular weight is 327 g/mol. The van der Waals surface area contributed by atoms with Gasteiger partial charge >= 0.3 is 5.97 Å². The van der Waals surface area contributed by atoms with Gasteiger partial charge in [-0.05, 0) is 43.7 Å². The molecule has 0 saturated heterocycles. The van der Waals surface area contributed by atoms with Gasteiger partial charge in [0.05, 0.1) is 6.61 Å². The molecule has 1 amide bonds. The fraction of sp³-hybridized carbons (Fsp3) is 0.263. The van der Waals surface area contributed by atoms with Crippen molar-refractivity contribution >= 4 is 11.9 Å². The van der Waals surface area contributed by atoms with E-state index in [4.69, 9.17) is 9.47 Å². The molecule has 1 N–H and O–H groups in total. The van der Waals surface area contributed by atoms with Gasteiger partial charge in [-0.3, -0.25) is 9.59 Å². The van der Waals surface area contributed by atoms with Crippen molar-refractivity contribution in [2.75, 3.05) is 13.2 Å². The topological polar surface area (TPSA) is 64.6 Å². The first kappa shape index (κ1) is 17.5. The quantitative estimate of drug-likeness (QED) is 0.794. The van der Waals surface area contributed by atoms with Crippen molar-refractivity contribution < 1.29 is 19.1 Å². The molecule has 24 heavy (non-hydrogen) atoms. The zero-order valence-electron chi connectivity index (χ0n) is 13.9. The van der Waals surface area contributed by atoms with Gasteiger partial charge in [0.1, 0.15) is 18.9 Å². The van der Waals surface area contributed by atoms with Gasteiger partial charge in [-0.25, -0.2) is 0 Å². The summed E-state index contributed by atoms with van der Waals surface area (Å²) in [6.45, 7) is 4.46. The lowest BCUT2D eigenvalue weighted by atomic mass is 10.1. The maximum Gasteiger partial charge on any atom is 0.325 e. The molecular weight excluding hydrogens is 306 g/mol. The van der Waals surface area contributed by atoms with E-state index in [9.17, 15) is 9.59 Å². The van der Waals surface area contributed by atoms with Crippen LogP contribution in [-0.2, 0) is 16.1 Å². The van der Waals surface area contributed by atoms with E-state index in [1.807, 2.05) is 38.1 Å². The van der Waals surface area contributed by atoms with E-state index in [1.54, 1.807) is 24.3 Å². The first-order valence-corrected chi connectivity index (χ1v) is 7.80. The maximum atomic E-state index is 12.0. The normalized spacial score (nSPS) is 10.1. The fourth-order valence-corrected chi connectivity index (χ4v) is 2.14. The minimum Gasteiger partial charge on any atom is -0.494 e. The summed E-state index contributed by atoms with van der Waals surface area (Å²) in [6.07, 6.45) is 0. The summed E-state index contributed by atoms with van der Waals surface area (Å²) >= 11 is 0. The van der Waals surface area contributed by atoms with Crippen molar-refractivity contribution in [3.63, 3.8) is 0 Å². The molecule has 2 aromatic rings. The first-order chi connectivity index (χ1) is 11.6. The van der Waals surface area contributed by atoms with Crippen LogP contribution in [0.25, 0.3) is 0 Å². The second kappa shape index (κ2) is 8.72. The summed E-state index contributed by atoms with van der Waals surface area (Å²) in [7, 11) is 0. The van der Waals surface area contributed by atoms with Crippen molar-refractivity contribution in [2.45, 2.75) is 20.5 Å². The number of esters is 1. The van der Waals surface area contributed by atoms with Crippen LogP contribution in [0.3, 0.4) is 0 Å².